The number of pyridine rings is 1. The van der Waals surface area contributed by atoms with Crippen molar-refractivity contribution in [2.24, 2.45) is 0 Å². The van der Waals surface area contributed by atoms with Gasteiger partial charge in [-0.2, -0.15) is 13.2 Å². The van der Waals surface area contributed by atoms with Crippen LogP contribution in [0, 0.1) is 0 Å². The van der Waals surface area contributed by atoms with E-state index in [9.17, 15) is 13.2 Å². The molecule has 2 nitrogen and oxygen atoms in total. The summed E-state index contributed by atoms with van der Waals surface area (Å²) in [6.45, 7) is 0.413. The van der Waals surface area contributed by atoms with Crippen molar-refractivity contribution < 1.29 is 13.2 Å². The van der Waals surface area contributed by atoms with Crippen molar-refractivity contribution >= 4 is 21.6 Å². The molecule has 0 saturated carbocycles. The van der Waals surface area contributed by atoms with E-state index >= 15 is 0 Å². The Kier molecular flexibility index (Phi) is 4.65. The first-order chi connectivity index (χ1) is 9.47. The SMILES string of the molecule is FC(F)(F)c1cc(Br)ccc1NCCc1cccnc1. The summed E-state index contributed by atoms with van der Waals surface area (Å²) in [4.78, 5) is 3.96. The van der Waals surface area contributed by atoms with Crippen molar-refractivity contribution in [1.82, 2.24) is 4.98 Å². The van der Waals surface area contributed by atoms with Gasteiger partial charge in [-0.05, 0) is 36.2 Å². The van der Waals surface area contributed by atoms with Crippen LogP contribution in [-0.4, -0.2) is 11.5 Å². The summed E-state index contributed by atoms with van der Waals surface area (Å²) in [6, 6.07) is 7.78. The number of benzene rings is 1. The summed E-state index contributed by atoms with van der Waals surface area (Å²) >= 11 is 3.06. The molecule has 1 N–H and O–H groups in total. The first kappa shape index (κ1) is 14.8. The largest absolute Gasteiger partial charge is 0.418 e. The van der Waals surface area contributed by atoms with Gasteiger partial charge in [0.2, 0.25) is 0 Å². The normalized spacial score (nSPS) is 11.4. The van der Waals surface area contributed by atoms with Crippen LogP contribution < -0.4 is 5.32 Å². The van der Waals surface area contributed by atoms with E-state index in [4.69, 9.17) is 0 Å². The van der Waals surface area contributed by atoms with Gasteiger partial charge in [-0.15, -0.1) is 0 Å². The zero-order valence-corrected chi connectivity index (χ0v) is 12.0. The Balaban J connectivity index is 2.06. The zero-order chi connectivity index (χ0) is 14.6. The highest BCUT2D eigenvalue weighted by molar-refractivity contribution is 9.10. The maximum atomic E-state index is 12.9. The number of hydrogen-bond donors (Lipinski definition) is 1. The van der Waals surface area contributed by atoms with Crippen LogP contribution >= 0.6 is 15.9 Å². The van der Waals surface area contributed by atoms with Crippen LogP contribution in [0.25, 0.3) is 0 Å². The van der Waals surface area contributed by atoms with E-state index in [1.54, 1.807) is 24.5 Å². The predicted octanol–water partition coefficient (Wildman–Crippen LogP) is 4.52. The molecule has 0 spiro atoms. The monoisotopic (exact) mass is 344 g/mol. The third kappa shape index (κ3) is 3.96. The Hall–Kier alpha value is -1.56. The number of halogens is 4. The molecule has 0 aliphatic heterocycles. The Morgan fingerprint density at radius 3 is 2.65 bits per heavy atom. The van der Waals surface area contributed by atoms with Gasteiger partial charge in [0.1, 0.15) is 0 Å². The van der Waals surface area contributed by atoms with E-state index in [-0.39, 0.29) is 5.69 Å². The molecule has 2 aromatic rings. The first-order valence-electron chi connectivity index (χ1n) is 5.96. The van der Waals surface area contributed by atoms with Crippen LogP contribution in [0.2, 0.25) is 0 Å². The van der Waals surface area contributed by atoms with Crippen molar-refractivity contribution in [3.8, 4) is 0 Å². The lowest BCUT2D eigenvalue weighted by atomic mass is 10.1. The standard InChI is InChI=1S/C14H12BrF3N2/c15-11-3-4-13(12(8-11)14(16,17)18)20-7-5-10-2-1-6-19-9-10/h1-4,6,8-9,20H,5,7H2. The van der Waals surface area contributed by atoms with Gasteiger partial charge in [0.15, 0.2) is 0 Å². The van der Waals surface area contributed by atoms with E-state index < -0.39 is 11.7 Å². The molecule has 1 aromatic heterocycles. The van der Waals surface area contributed by atoms with E-state index in [2.05, 4.69) is 26.2 Å². The number of alkyl halides is 3. The third-order valence-corrected chi connectivity index (χ3v) is 3.23. The molecule has 0 saturated heterocycles. The maximum absolute atomic E-state index is 12.9. The Labute approximate surface area is 123 Å². The number of nitrogens with zero attached hydrogens (tertiary/aromatic N) is 1. The summed E-state index contributed by atoms with van der Waals surface area (Å²) in [5, 5.41) is 2.83. The summed E-state index contributed by atoms with van der Waals surface area (Å²) in [6.07, 6.45) is -0.400. The molecular weight excluding hydrogens is 333 g/mol. The van der Waals surface area contributed by atoms with Gasteiger partial charge in [0.25, 0.3) is 0 Å². The summed E-state index contributed by atoms with van der Waals surface area (Å²) in [5.41, 5.74) is 0.397. The summed E-state index contributed by atoms with van der Waals surface area (Å²) < 4.78 is 39.1. The molecule has 0 fully saturated rings. The van der Waals surface area contributed by atoms with Crippen LogP contribution in [0.4, 0.5) is 18.9 Å². The predicted molar refractivity (Wildman–Crippen MR) is 75.6 cm³/mol. The average Bonchev–Trinajstić information content (AvgIpc) is 2.40. The smallest absolute Gasteiger partial charge is 0.384 e. The van der Waals surface area contributed by atoms with Gasteiger partial charge in [0.05, 0.1) is 5.56 Å². The third-order valence-electron chi connectivity index (χ3n) is 2.74. The number of aromatic nitrogens is 1. The highest BCUT2D eigenvalue weighted by atomic mass is 79.9. The summed E-state index contributed by atoms with van der Waals surface area (Å²) in [7, 11) is 0. The first-order valence-corrected chi connectivity index (χ1v) is 6.75. The second-order valence-corrected chi connectivity index (χ2v) is 5.14. The molecule has 1 heterocycles. The second kappa shape index (κ2) is 6.26. The lowest BCUT2D eigenvalue weighted by Gasteiger charge is -2.15. The molecule has 1 aromatic carbocycles. The van der Waals surface area contributed by atoms with Crippen molar-refractivity contribution in [3.05, 3.63) is 58.3 Å². The molecule has 106 valence electrons. The molecule has 0 radical (unpaired) electrons. The van der Waals surface area contributed by atoms with Crippen LogP contribution in [0.3, 0.4) is 0 Å². The second-order valence-electron chi connectivity index (χ2n) is 4.23. The molecule has 0 amide bonds. The van der Waals surface area contributed by atoms with Crippen LogP contribution in [0.15, 0.2) is 47.2 Å². The van der Waals surface area contributed by atoms with Gasteiger partial charge in [-0.3, -0.25) is 4.98 Å². The van der Waals surface area contributed by atoms with Gasteiger partial charge >= 0.3 is 6.18 Å². The molecule has 0 bridgehead atoms. The highest BCUT2D eigenvalue weighted by Gasteiger charge is 2.33. The molecule has 0 aliphatic carbocycles. The van der Waals surface area contributed by atoms with Gasteiger partial charge < -0.3 is 5.32 Å². The fourth-order valence-electron chi connectivity index (χ4n) is 1.79. The molecule has 2 rings (SSSR count). The van der Waals surface area contributed by atoms with Gasteiger partial charge in [-0.1, -0.05) is 22.0 Å². The Morgan fingerprint density at radius 1 is 1.20 bits per heavy atom. The molecular formula is C14H12BrF3N2. The minimum absolute atomic E-state index is 0.0876. The van der Waals surface area contributed by atoms with Crippen molar-refractivity contribution in [2.75, 3.05) is 11.9 Å². The molecule has 0 aliphatic rings. The quantitative estimate of drug-likeness (QED) is 0.882. The van der Waals surface area contributed by atoms with Crippen LogP contribution in [0.1, 0.15) is 11.1 Å². The van der Waals surface area contributed by atoms with E-state index in [0.29, 0.717) is 17.4 Å². The Bertz CT molecular complexity index is 570. The highest BCUT2D eigenvalue weighted by Crippen LogP contribution is 2.36. The van der Waals surface area contributed by atoms with E-state index in [0.717, 1.165) is 11.6 Å². The minimum atomic E-state index is -4.37. The van der Waals surface area contributed by atoms with Crippen molar-refractivity contribution in [2.45, 2.75) is 12.6 Å². The molecule has 20 heavy (non-hydrogen) atoms. The van der Waals surface area contributed by atoms with Crippen molar-refractivity contribution in [1.29, 1.82) is 0 Å². The molecule has 0 unspecified atom stereocenters. The van der Waals surface area contributed by atoms with Gasteiger partial charge in [0, 0.05) is 29.1 Å². The van der Waals surface area contributed by atoms with Gasteiger partial charge in [-0.25, -0.2) is 0 Å². The fraction of sp³-hybridized carbons (Fsp3) is 0.214. The molecule has 6 heteroatoms. The summed E-state index contributed by atoms with van der Waals surface area (Å²) in [5.74, 6) is 0. The number of rotatable bonds is 4. The number of nitrogens with one attached hydrogen (secondary N) is 1. The van der Waals surface area contributed by atoms with E-state index in [1.165, 1.54) is 6.07 Å². The number of hydrogen-bond acceptors (Lipinski definition) is 2. The maximum Gasteiger partial charge on any atom is 0.418 e. The Morgan fingerprint density at radius 2 is 2.00 bits per heavy atom. The topological polar surface area (TPSA) is 24.9 Å². The number of anilines is 1. The van der Waals surface area contributed by atoms with Crippen LogP contribution in [0.5, 0.6) is 0 Å². The fourth-order valence-corrected chi connectivity index (χ4v) is 2.15. The van der Waals surface area contributed by atoms with Crippen LogP contribution in [-0.2, 0) is 12.6 Å². The lowest BCUT2D eigenvalue weighted by Crippen LogP contribution is -2.12. The minimum Gasteiger partial charge on any atom is -0.384 e. The van der Waals surface area contributed by atoms with E-state index in [1.807, 2.05) is 6.07 Å². The lowest BCUT2D eigenvalue weighted by molar-refractivity contribution is -0.137. The van der Waals surface area contributed by atoms with Crippen molar-refractivity contribution in [3.63, 3.8) is 0 Å². The zero-order valence-electron chi connectivity index (χ0n) is 10.4. The molecule has 0 atom stereocenters. The average molecular weight is 345 g/mol.